The number of anilines is 1. The molecule has 2 N–H and O–H groups in total. The molecule has 0 saturated heterocycles. The fraction of sp³-hybridized carbons (Fsp3) is 0.462. The van der Waals surface area contributed by atoms with Crippen LogP contribution in [0.15, 0.2) is 23.2 Å². The number of rotatable bonds is 4. The van der Waals surface area contributed by atoms with Gasteiger partial charge in [-0.2, -0.15) is 0 Å². The SMILES string of the molecule is Clc1c(NCC2=NCCN2)cccc1C1CC1. The summed E-state index contributed by atoms with van der Waals surface area (Å²) in [6.45, 7) is 2.56. The van der Waals surface area contributed by atoms with Gasteiger partial charge in [-0.1, -0.05) is 23.7 Å². The van der Waals surface area contributed by atoms with Crippen LogP contribution in [-0.2, 0) is 0 Å². The van der Waals surface area contributed by atoms with E-state index < -0.39 is 0 Å². The minimum Gasteiger partial charge on any atom is -0.377 e. The molecule has 0 aromatic heterocycles. The number of hydrogen-bond donors (Lipinski definition) is 2. The first-order valence-electron chi connectivity index (χ1n) is 6.14. The molecule has 0 amide bonds. The van der Waals surface area contributed by atoms with Crippen molar-refractivity contribution in [2.75, 3.05) is 25.0 Å². The topological polar surface area (TPSA) is 36.4 Å². The fourth-order valence-electron chi connectivity index (χ4n) is 2.14. The Morgan fingerprint density at radius 1 is 1.41 bits per heavy atom. The van der Waals surface area contributed by atoms with Crippen LogP contribution in [0.4, 0.5) is 5.69 Å². The van der Waals surface area contributed by atoms with Crippen molar-refractivity contribution in [1.29, 1.82) is 0 Å². The zero-order valence-electron chi connectivity index (χ0n) is 9.67. The van der Waals surface area contributed by atoms with Crippen LogP contribution >= 0.6 is 11.6 Å². The van der Waals surface area contributed by atoms with Crippen molar-refractivity contribution in [1.82, 2.24) is 5.32 Å². The van der Waals surface area contributed by atoms with Crippen molar-refractivity contribution in [3.05, 3.63) is 28.8 Å². The van der Waals surface area contributed by atoms with Crippen molar-refractivity contribution in [3.63, 3.8) is 0 Å². The van der Waals surface area contributed by atoms with Gasteiger partial charge in [0.25, 0.3) is 0 Å². The van der Waals surface area contributed by atoms with E-state index in [1.165, 1.54) is 18.4 Å². The second kappa shape index (κ2) is 4.57. The second-order valence-electron chi connectivity index (χ2n) is 4.59. The molecule has 1 saturated carbocycles. The molecule has 0 bridgehead atoms. The lowest BCUT2D eigenvalue weighted by molar-refractivity contribution is 0.956. The lowest BCUT2D eigenvalue weighted by Crippen LogP contribution is -2.26. The Labute approximate surface area is 106 Å². The lowest BCUT2D eigenvalue weighted by atomic mass is 10.1. The van der Waals surface area contributed by atoms with Crippen LogP contribution < -0.4 is 10.6 Å². The average molecular weight is 250 g/mol. The van der Waals surface area contributed by atoms with E-state index in [-0.39, 0.29) is 0 Å². The van der Waals surface area contributed by atoms with Crippen LogP contribution in [0.1, 0.15) is 24.3 Å². The molecule has 2 aliphatic rings. The molecule has 1 aromatic carbocycles. The smallest absolute Gasteiger partial charge is 0.116 e. The fourth-order valence-corrected chi connectivity index (χ4v) is 2.49. The van der Waals surface area contributed by atoms with Gasteiger partial charge in [0.15, 0.2) is 0 Å². The maximum atomic E-state index is 6.41. The van der Waals surface area contributed by atoms with Crippen molar-refractivity contribution >= 4 is 23.1 Å². The molecule has 1 aliphatic carbocycles. The summed E-state index contributed by atoms with van der Waals surface area (Å²) in [4.78, 5) is 4.35. The van der Waals surface area contributed by atoms with Crippen LogP contribution in [0.25, 0.3) is 0 Å². The summed E-state index contributed by atoms with van der Waals surface area (Å²) < 4.78 is 0. The van der Waals surface area contributed by atoms with Gasteiger partial charge in [-0.15, -0.1) is 0 Å². The maximum absolute atomic E-state index is 6.41. The molecule has 0 radical (unpaired) electrons. The molecule has 0 spiro atoms. The highest BCUT2D eigenvalue weighted by Gasteiger charge is 2.26. The van der Waals surface area contributed by atoms with Crippen molar-refractivity contribution in [2.45, 2.75) is 18.8 Å². The largest absolute Gasteiger partial charge is 0.377 e. The van der Waals surface area contributed by atoms with Gasteiger partial charge in [-0.05, 0) is 30.4 Å². The summed E-state index contributed by atoms with van der Waals surface area (Å²) in [6, 6.07) is 6.24. The zero-order valence-corrected chi connectivity index (χ0v) is 10.4. The summed E-state index contributed by atoms with van der Waals surface area (Å²) in [5.41, 5.74) is 2.31. The standard InChI is InChI=1S/C13H16ClN3/c14-13-10(9-4-5-9)2-1-3-11(13)17-8-12-15-6-7-16-12/h1-3,9,17H,4-8H2,(H,15,16). The molecule has 1 heterocycles. The minimum atomic E-state index is 0.686. The van der Waals surface area contributed by atoms with Gasteiger partial charge < -0.3 is 10.6 Å². The molecule has 1 aromatic rings. The zero-order chi connectivity index (χ0) is 11.7. The molecule has 17 heavy (non-hydrogen) atoms. The third-order valence-electron chi connectivity index (χ3n) is 3.24. The molecule has 1 fully saturated rings. The van der Waals surface area contributed by atoms with Crippen LogP contribution in [0, 0.1) is 0 Å². The van der Waals surface area contributed by atoms with Crippen molar-refractivity contribution in [2.24, 2.45) is 4.99 Å². The Bertz CT molecular complexity index is 452. The van der Waals surface area contributed by atoms with Crippen molar-refractivity contribution < 1.29 is 0 Å². The predicted octanol–water partition coefficient (Wildman–Crippen LogP) is 2.63. The third-order valence-corrected chi connectivity index (χ3v) is 3.66. The predicted molar refractivity (Wildman–Crippen MR) is 72.2 cm³/mol. The number of amidine groups is 1. The van der Waals surface area contributed by atoms with Gasteiger partial charge in [0.1, 0.15) is 5.84 Å². The Balaban J connectivity index is 1.71. The number of hydrogen-bond acceptors (Lipinski definition) is 3. The van der Waals surface area contributed by atoms with Gasteiger partial charge in [0, 0.05) is 6.54 Å². The molecule has 0 atom stereocenters. The molecule has 3 rings (SSSR count). The van der Waals surface area contributed by atoms with Crippen LogP contribution in [0.3, 0.4) is 0 Å². The normalized spacial score (nSPS) is 18.8. The second-order valence-corrected chi connectivity index (χ2v) is 4.97. The highest BCUT2D eigenvalue weighted by atomic mass is 35.5. The summed E-state index contributed by atoms with van der Waals surface area (Å²) in [5, 5.41) is 7.48. The van der Waals surface area contributed by atoms with E-state index in [2.05, 4.69) is 27.8 Å². The number of nitrogens with one attached hydrogen (secondary N) is 2. The Hall–Kier alpha value is -1.22. The number of aliphatic imine (C=N–C) groups is 1. The van der Waals surface area contributed by atoms with Gasteiger partial charge in [0.2, 0.25) is 0 Å². The number of halogens is 1. The highest BCUT2D eigenvalue weighted by Crippen LogP contribution is 2.44. The van der Waals surface area contributed by atoms with E-state index in [0.29, 0.717) is 5.92 Å². The molecular weight excluding hydrogens is 234 g/mol. The monoisotopic (exact) mass is 249 g/mol. The molecule has 90 valence electrons. The van der Waals surface area contributed by atoms with E-state index >= 15 is 0 Å². The quantitative estimate of drug-likeness (QED) is 0.861. The van der Waals surface area contributed by atoms with E-state index in [4.69, 9.17) is 11.6 Å². The van der Waals surface area contributed by atoms with Gasteiger partial charge >= 0.3 is 0 Å². The van der Waals surface area contributed by atoms with E-state index in [0.717, 1.165) is 36.2 Å². The summed E-state index contributed by atoms with van der Waals surface area (Å²) in [7, 11) is 0. The maximum Gasteiger partial charge on any atom is 0.116 e. The van der Waals surface area contributed by atoms with Crippen LogP contribution in [0.2, 0.25) is 5.02 Å². The van der Waals surface area contributed by atoms with E-state index in [1.54, 1.807) is 0 Å². The minimum absolute atomic E-state index is 0.686. The van der Waals surface area contributed by atoms with E-state index in [1.807, 2.05) is 6.07 Å². The van der Waals surface area contributed by atoms with Crippen LogP contribution in [-0.4, -0.2) is 25.5 Å². The molecule has 3 nitrogen and oxygen atoms in total. The Morgan fingerprint density at radius 3 is 3.00 bits per heavy atom. The average Bonchev–Trinajstić information content (AvgIpc) is 3.04. The Kier molecular flexibility index (Phi) is 2.93. The molecule has 4 heteroatoms. The third kappa shape index (κ3) is 2.39. The summed E-state index contributed by atoms with van der Waals surface area (Å²) >= 11 is 6.41. The molecular formula is C13H16ClN3. The van der Waals surface area contributed by atoms with Gasteiger partial charge in [-0.25, -0.2) is 0 Å². The number of benzene rings is 1. The van der Waals surface area contributed by atoms with Crippen molar-refractivity contribution in [3.8, 4) is 0 Å². The number of nitrogens with zero attached hydrogens (tertiary/aromatic N) is 1. The molecule has 0 unspecified atom stereocenters. The molecule has 1 aliphatic heterocycles. The van der Waals surface area contributed by atoms with E-state index in [9.17, 15) is 0 Å². The lowest BCUT2D eigenvalue weighted by Gasteiger charge is -2.11. The summed E-state index contributed by atoms with van der Waals surface area (Å²) in [6.07, 6.45) is 2.55. The first kappa shape index (κ1) is 10.9. The van der Waals surface area contributed by atoms with Crippen LogP contribution in [0.5, 0.6) is 0 Å². The first-order chi connectivity index (χ1) is 8.34. The summed E-state index contributed by atoms with van der Waals surface area (Å²) in [5.74, 6) is 1.71. The van der Waals surface area contributed by atoms with Gasteiger partial charge in [-0.3, -0.25) is 4.99 Å². The first-order valence-corrected chi connectivity index (χ1v) is 6.52. The van der Waals surface area contributed by atoms with Gasteiger partial charge in [0.05, 0.1) is 23.8 Å². The highest BCUT2D eigenvalue weighted by molar-refractivity contribution is 6.34. The Morgan fingerprint density at radius 2 is 2.29 bits per heavy atom.